The van der Waals surface area contributed by atoms with E-state index in [0.717, 1.165) is 26.7 Å². The molecular weight excluding hydrogens is 702 g/mol. The molecule has 1 fully saturated rings. The number of halogens is 1. The summed E-state index contributed by atoms with van der Waals surface area (Å²) in [5.74, 6) is -0.163. The van der Waals surface area contributed by atoms with Gasteiger partial charge in [0.25, 0.3) is 5.69 Å². The van der Waals surface area contributed by atoms with E-state index in [0.29, 0.717) is 13.2 Å². The molecule has 5 aromatic rings. The molecule has 5 aromatic carbocycles. The number of nitrogens with one attached hydrogen (secondary N) is 1. The molecule has 0 radical (unpaired) electrons. The number of nitrogens with zero attached hydrogens (tertiary/aromatic N) is 2. The van der Waals surface area contributed by atoms with Crippen LogP contribution < -0.4 is 4.72 Å². The molecule has 1 heterocycles. The van der Waals surface area contributed by atoms with Crippen LogP contribution in [0.4, 0.5) is 5.69 Å². The van der Waals surface area contributed by atoms with Gasteiger partial charge in [-0.2, -0.15) is 0 Å². The van der Waals surface area contributed by atoms with E-state index in [1.54, 1.807) is 6.08 Å². The van der Waals surface area contributed by atoms with Crippen molar-refractivity contribution in [2.45, 2.75) is 28.5 Å². The lowest BCUT2D eigenvalue weighted by Crippen LogP contribution is -2.67. The van der Waals surface area contributed by atoms with Gasteiger partial charge in [0.15, 0.2) is 4.90 Å². The first-order chi connectivity index (χ1) is 23.8. The average Bonchev–Trinajstić information content (AvgIpc) is 3.13. The smallest absolute Gasteiger partial charge is 0.289 e. The lowest BCUT2D eigenvalue weighted by molar-refractivity contribution is -0.387. The Bertz CT molecular complexity index is 1920. The van der Waals surface area contributed by atoms with Gasteiger partial charge in [0.1, 0.15) is 5.60 Å². The standard InChI is InChI=1S/C39H36BrN3O5S/c1-2-26-42-35(27-41-49(46,47)37-25-15-14-24-34(37)43(44)45)38(32-22-12-13-23-33(32)40)36(42)28-48-39(29-16-6-3-7-17-29,30-18-8-4-9-19-30)31-20-10-5-11-21-31/h2-25,35-36,38,41H,1,26-28H2/t35-,36-,38+/m0/s1. The summed E-state index contributed by atoms with van der Waals surface area (Å²) in [4.78, 5) is 12.8. The van der Waals surface area contributed by atoms with E-state index >= 15 is 0 Å². The van der Waals surface area contributed by atoms with Crippen molar-refractivity contribution < 1.29 is 18.1 Å². The first-order valence-corrected chi connectivity index (χ1v) is 18.2. The van der Waals surface area contributed by atoms with Crippen LogP contribution in [0.2, 0.25) is 0 Å². The zero-order chi connectivity index (χ0) is 34.4. The van der Waals surface area contributed by atoms with Crippen LogP contribution in [-0.4, -0.2) is 50.0 Å². The van der Waals surface area contributed by atoms with Gasteiger partial charge in [-0.05, 0) is 34.4 Å². The Labute approximate surface area is 295 Å². The third kappa shape index (κ3) is 6.88. The van der Waals surface area contributed by atoms with E-state index in [9.17, 15) is 18.5 Å². The Hall–Kier alpha value is -4.45. The molecule has 0 amide bonds. The summed E-state index contributed by atoms with van der Waals surface area (Å²) >= 11 is 3.75. The molecule has 49 heavy (non-hydrogen) atoms. The minimum Gasteiger partial charge on any atom is -0.359 e. The minimum absolute atomic E-state index is 0.0198. The lowest BCUT2D eigenvalue weighted by atomic mass is 9.74. The molecule has 1 aliphatic heterocycles. The van der Waals surface area contributed by atoms with Crippen LogP contribution in [0.25, 0.3) is 0 Å². The highest BCUT2D eigenvalue weighted by molar-refractivity contribution is 9.10. The number of benzene rings is 5. The second-order valence-corrected chi connectivity index (χ2v) is 14.4. The fourth-order valence-electron chi connectivity index (χ4n) is 6.92. The zero-order valence-electron chi connectivity index (χ0n) is 26.6. The lowest BCUT2D eigenvalue weighted by Gasteiger charge is -2.56. The molecule has 10 heteroatoms. The summed E-state index contributed by atoms with van der Waals surface area (Å²) in [5, 5.41) is 11.7. The first-order valence-electron chi connectivity index (χ1n) is 15.9. The van der Waals surface area contributed by atoms with Crippen LogP contribution in [0.3, 0.4) is 0 Å². The van der Waals surface area contributed by atoms with E-state index in [4.69, 9.17) is 4.74 Å². The van der Waals surface area contributed by atoms with Crippen molar-refractivity contribution >= 4 is 31.6 Å². The van der Waals surface area contributed by atoms with Gasteiger partial charge in [0.05, 0.1) is 11.5 Å². The third-order valence-corrected chi connectivity index (χ3v) is 11.3. The van der Waals surface area contributed by atoms with Crippen LogP contribution in [0.15, 0.2) is 162 Å². The van der Waals surface area contributed by atoms with Crippen molar-refractivity contribution in [3.63, 3.8) is 0 Å². The predicted molar refractivity (Wildman–Crippen MR) is 195 cm³/mol. The molecule has 6 rings (SSSR count). The van der Waals surface area contributed by atoms with Gasteiger partial charge in [-0.3, -0.25) is 15.0 Å². The number of para-hydroxylation sites is 1. The Morgan fingerprint density at radius 1 is 0.796 bits per heavy atom. The third-order valence-electron chi connectivity index (χ3n) is 9.13. The zero-order valence-corrected chi connectivity index (χ0v) is 29.0. The average molecular weight is 739 g/mol. The van der Waals surface area contributed by atoms with Crippen molar-refractivity contribution in [2.75, 3.05) is 19.7 Å². The minimum atomic E-state index is -4.21. The number of nitro groups is 1. The van der Waals surface area contributed by atoms with Crippen molar-refractivity contribution in [3.8, 4) is 0 Å². The Morgan fingerprint density at radius 2 is 1.31 bits per heavy atom. The molecule has 1 saturated heterocycles. The van der Waals surface area contributed by atoms with E-state index in [1.807, 2.05) is 78.9 Å². The molecule has 0 saturated carbocycles. The Morgan fingerprint density at radius 3 is 1.84 bits per heavy atom. The normalized spacial score (nSPS) is 18.0. The summed E-state index contributed by atoms with van der Waals surface area (Å²) in [5.41, 5.74) is 2.53. The van der Waals surface area contributed by atoms with Gasteiger partial charge < -0.3 is 4.74 Å². The van der Waals surface area contributed by atoms with Gasteiger partial charge in [-0.1, -0.05) is 143 Å². The summed E-state index contributed by atoms with van der Waals surface area (Å²) in [6, 6.07) is 43.3. The van der Waals surface area contributed by atoms with Crippen LogP contribution in [-0.2, 0) is 20.4 Å². The Balaban J connectivity index is 1.39. The maximum Gasteiger partial charge on any atom is 0.289 e. The monoisotopic (exact) mass is 737 g/mol. The number of rotatable bonds is 14. The van der Waals surface area contributed by atoms with Crippen molar-refractivity contribution in [1.82, 2.24) is 9.62 Å². The number of sulfonamides is 1. The van der Waals surface area contributed by atoms with Gasteiger partial charge in [-0.15, -0.1) is 6.58 Å². The number of hydrogen-bond donors (Lipinski definition) is 1. The maximum atomic E-state index is 13.5. The fourth-order valence-corrected chi connectivity index (χ4v) is 8.69. The Kier molecular flexibility index (Phi) is 10.5. The van der Waals surface area contributed by atoms with Gasteiger partial charge in [0.2, 0.25) is 10.0 Å². The molecule has 1 aliphatic rings. The van der Waals surface area contributed by atoms with E-state index in [2.05, 4.69) is 68.5 Å². The molecule has 0 aliphatic carbocycles. The molecule has 3 atom stereocenters. The first kappa shape index (κ1) is 34.4. The van der Waals surface area contributed by atoms with Crippen LogP contribution in [0.1, 0.15) is 28.2 Å². The number of nitro benzene ring substituents is 1. The number of ether oxygens (including phenoxy) is 1. The van der Waals surface area contributed by atoms with Crippen molar-refractivity contribution in [3.05, 3.63) is 189 Å². The second kappa shape index (κ2) is 15.0. The quantitative estimate of drug-likeness (QED) is 0.0544. The topological polar surface area (TPSA) is 102 Å². The molecule has 1 N–H and O–H groups in total. The fraction of sp³-hybridized carbons (Fsp3) is 0.179. The summed E-state index contributed by atoms with van der Waals surface area (Å²) in [6.07, 6.45) is 1.80. The van der Waals surface area contributed by atoms with Crippen LogP contribution in [0, 0.1) is 10.1 Å². The van der Waals surface area contributed by atoms with E-state index < -0.39 is 26.2 Å². The highest BCUT2D eigenvalue weighted by atomic mass is 79.9. The number of hydrogen-bond acceptors (Lipinski definition) is 6. The van der Waals surface area contributed by atoms with Crippen molar-refractivity contribution in [2.24, 2.45) is 0 Å². The summed E-state index contributed by atoms with van der Waals surface area (Å²) in [7, 11) is -4.21. The molecule has 8 nitrogen and oxygen atoms in total. The van der Waals surface area contributed by atoms with E-state index in [1.165, 1.54) is 24.3 Å². The van der Waals surface area contributed by atoms with E-state index in [-0.39, 0.29) is 29.4 Å². The van der Waals surface area contributed by atoms with Gasteiger partial charge >= 0.3 is 0 Å². The largest absolute Gasteiger partial charge is 0.359 e. The molecule has 0 bridgehead atoms. The maximum absolute atomic E-state index is 13.5. The molecule has 0 spiro atoms. The molecular formula is C39H36BrN3O5S. The molecule has 0 unspecified atom stereocenters. The van der Waals surface area contributed by atoms with Crippen LogP contribution in [0.5, 0.6) is 0 Å². The summed E-state index contributed by atoms with van der Waals surface area (Å²) < 4.78 is 37.8. The highest BCUT2D eigenvalue weighted by Gasteiger charge is 2.51. The summed E-state index contributed by atoms with van der Waals surface area (Å²) in [6.45, 7) is 4.79. The number of likely N-dealkylation sites (tertiary alicyclic amines) is 1. The highest BCUT2D eigenvalue weighted by Crippen LogP contribution is 2.46. The second-order valence-electron chi connectivity index (χ2n) is 11.8. The predicted octanol–water partition coefficient (Wildman–Crippen LogP) is 7.67. The van der Waals surface area contributed by atoms with Gasteiger partial charge in [-0.25, -0.2) is 13.1 Å². The van der Waals surface area contributed by atoms with Gasteiger partial charge in [0, 0.05) is 41.6 Å². The molecule has 0 aromatic heterocycles. The molecule has 250 valence electrons. The SMILES string of the molecule is C=CCN1[C@@H](CNS(=O)(=O)c2ccccc2[N+](=O)[O-])[C@@H](c2ccccc2Br)[C@@H]1COC(c1ccccc1)(c1ccccc1)c1ccccc1. The van der Waals surface area contributed by atoms with Crippen molar-refractivity contribution in [1.29, 1.82) is 0 Å². The van der Waals surface area contributed by atoms with Crippen LogP contribution >= 0.6 is 15.9 Å².